The van der Waals surface area contributed by atoms with Crippen LogP contribution < -0.4 is 0 Å². The quantitative estimate of drug-likeness (QED) is 0.169. The van der Waals surface area contributed by atoms with E-state index in [-0.39, 0.29) is 0 Å². The molecule has 0 aliphatic heterocycles. The summed E-state index contributed by atoms with van der Waals surface area (Å²) < 4.78 is 6.30. The Morgan fingerprint density at radius 1 is 0.435 bits per heavy atom. The molecule has 46 heavy (non-hydrogen) atoms. The second-order valence-electron chi connectivity index (χ2n) is 11.8. The third-order valence-corrected chi connectivity index (χ3v) is 8.84. The smallest absolute Gasteiger partial charge is 0.135 e. The molecular formula is C45H32O. The Morgan fingerprint density at radius 3 is 1.57 bits per heavy atom. The fourth-order valence-corrected chi connectivity index (χ4v) is 6.40. The largest absolute Gasteiger partial charge is 0.456 e. The number of hydrogen-bond acceptors (Lipinski definition) is 1. The predicted molar refractivity (Wildman–Crippen MR) is 197 cm³/mol. The van der Waals surface area contributed by atoms with E-state index >= 15 is 0 Å². The van der Waals surface area contributed by atoms with Gasteiger partial charge in [0, 0.05) is 10.8 Å². The molecule has 8 aromatic rings. The van der Waals surface area contributed by atoms with Crippen molar-refractivity contribution in [3.8, 4) is 33.4 Å². The van der Waals surface area contributed by atoms with Crippen molar-refractivity contribution in [2.45, 2.75) is 6.42 Å². The van der Waals surface area contributed by atoms with Crippen molar-refractivity contribution in [2.75, 3.05) is 0 Å². The zero-order chi connectivity index (χ0) is 30.9. The van der Waals surface area contributed by atoms with Crippen LogP contribution in [-0.4, -0.2) is 0 Å². The van der Waals surface area contributed by atoms with Gasteiger partial charge in [-0.05, 0) is 109 Å². The van der Waals surface area contributed by atoms with E-state index in [9.17, 15) is 0 Å². The van der Waals surface area contributed by atoms with Gasteiger partial charge in [-0.15, -0.1) is 0 Å². The van der Waals surface area contributed by atoms with E-state index in [0.29, 0.717) is 0 Å². The van der Waals surface area contributed by atoms with Crippen molar-refractivity contribution in [3.63, 3.8) is 0 Å². The average Bonchev–Trinajstić information content (AvgIpc) is 3.48. The molecule has 0 amide bonds. The van der Waals surface area contributed by atoms with Crippen LogP contribution in [0.2, 0.25) is 0 Å². The Morgan fingerprint density at radius 2 is 0.957 bits per heavy atom. The second kappa shape index (κ2) is 11.9. The monoisotopic (exact) mass is 588 g/mol. The van der Waals surface area contributed by atoms with Gasteiger partial charge < -0.3 is 4.42 Å². The van der Waals surface area contributed by atoms with Crippen LogP contribution in [0.15, 0.2) is 181 Å². The van der Waals surface area contributed by atoms with Crippen LogP contribution in [0.3, 0.4) is 0 Å². The molecule has 0 aliphatic rings. The van der Waals surface area contributed by atoms with Gasteiger partial charge in [-0.2, -0.15) is 0 Å². The number of allylic oxidation sites excluding steroid dienone is 5. The first-order chi connectivity index (χ1) is 22.7. The highest BCUT2D eigenvalue weighted by atomic mass is 16.3. The predicted octanol–water partition coefficient (Wildman–Crippen LogP) is 12.7. The molecule has 1 heterocycles. The molecule has 0 N–H and O–H groups in total. The minimum absolute atomic E-state index is 0.891. The first kappa shape index (κ1) is 27.6. The summed E-state index contributed by atoms with van der Waals surface area (Å²) in [5.74, 6) is 0. The molecule has 8 rings (SSSR count). The summed E-state index contributed by atoms with van der Waals surface area (Å²) >= 11 is 0. The summed E-state index contributed by atoms with van der Waals surface area (Å²) in [6.07, 6.45) is 10.9. The van der Waals surface area contributed by atoms with Gasteiger partial charge in [0.1, 0.15) is 11.2 Å². The van der Waals surface area contributed by atoms with E-state index in [1.54, 1.807) is 6.08 Å². The Hall–Kier alpha value is -5.92. The van der Waals surface area contributed by atoms with Gasteiger partial charge in [-0.1, -0.05) is 134 Å². The van der Waals surface area contributed by atoms with Crippen molar-refractivity contribution in [2.24, 2.45) is 0 Å². The fourth-order valence-electron chi connectivity index (χ4n) is 6.40. The van der Waals surface area contributed by atoms with Crippen LogP contribution >= 0.6 is 0 Å². The summed E-state index contributed by atoms with van der Waals surface area (Å²) in [5, 5.41) is 7.23. The Labute approximate surface area is 269 Å². The van der Waals surface area contributed by atoms with E-state index in [1.165, 1.54) is 60.5 Å². The maximum atomic E-state index is 6.30. The molecular weight excluding hydrogens is 556 g/mol. The normalized spacial score (nSPS) is 11.9. The Bertz CT molecular complexity index is 2450. The van der Waals surface area contributed by atoms with Crippen LogP contribution in [0.25, 0.3) is 76.9 Å². The molecule has 218 valence electrons. The molecule has 1 heteroatoms. The van der Waals surface area contributed by atoms with E-state index in [1.807, 2.05) is 12.2 Å². The lowest BCUT2D eigenvalue weighted by atomic mass is 9.96. The fraction of sp³-hybridized carbons (Fsp3) is 0.0222. The highest BCUT2D eigenvalue weighted by molar-refractivity contribution is 6.08. The van der Waals surface area contributed by atoms with E-state index in [4.69, 9.17) is 4.42 Å². The minimum atomic E-state index is 0.891. The highest BCUT2D eigenvalue weighted by Crippen LogP contribution is 2.36. The van der Waals surface area contributed by atoms with Gasteiger partial charge in [0.15, 0.2) is 0 Å². The number of fused-ring (bicyclic) bond motifs is 5. The number of hydrogen-bond donors (Lipinski definition) is 0. The average molecular weight is 589 g/mol. The second-order valence-corrected chi connectivity index (χ2v) is 11.8. The third kappa shape index (κ3) is 5.33. The first-order valence-corrected chi connectivity index (χ1v) is 15.8. The van der Waals surface area contributed by atoms with E-state index in [2.05, 4.69) is 158 Å². The summed E-state index contributed by atoms with van der Waals surface area (Å²) in [7, 11) is 0. The summed E-state index contributed by atoms with van der Waals surface area (Å²) in [4.78, 5) is 0. The maximum Gasteiger partial charge on any atom is 0.135 e. The topological polar surface area (TPSA) is 13.1 Å². The molecule has 0 radical (unpaired) electrons. The van der Waals surface area contributed by atoms with Gasteiger partial charge in [-0.25, -0.2) is 0 Å². The van der Waals surface area contributed by atoms with Crippen LogP contribution in [0.5, 0.6) is 0 Å². The minimum Gasteiger partial charge on any atom is -0.456 e. The van der Waals surface area contributed by atoms with E-state index in [0.717, 1.165) is 28.4 Å². The molecule has 1 aromatic heterocycles. The number of benzene rings is 7. The molecule has 1 nitrogen and oxygen atoms in total. The molecule has 7 aromatic carbocycles. The van der Waals surface area contributed by atoms with Gasteiger partial charge in [0.25, 0.3) is 0 Å². The summed E-state index contributed by atoms with van der Waals surface area (Å²) in [6.45, 7) is 3.72. The first-order valence-electron chi connectivity index (χ1n) is 15.8. The van der Waals surface area contributed by atoms with Crippen LogP contribution in [0.1, 0.15) is 5.56 Å². The van der Waals surface area contributed by atoms with Crippen LogP contribution in [0.4, 0.5) is 0 Å². The zero-order valence-electron chi connectivity index (χ0n) is 25.5. The standard InChI is InChI=1S/C45H32O/c1-2-3-4-5-7-10-31-13-14-33-16-19-36(27-40(33)25-31)38-21-23-44-42(29-38)43-30-39(22-24-45(43)46-44)37-20-17-34-15-18-35(26-41(34)28-37)32-11-8-6-9-12-32/h2-9,11-30H,1,10H2/b4-3-,7-5-. The molecule has 0 aliphatic carbocycles. The molecule has 0 fully saturated rings. The Kier molecular flexibility index (Phi) is 7.13. The molecule has 0 saturated carbocycles. The third-order valence-electron chi connectivity index (χ3n) is 8.84. The van der Waals surface area contributed by atoms with Gasteiger partial charge in [0.05, 0.1) is 0 Å². The zero-order valence-corrected chi connectivity index (χ0v) is 25.5. The van der Waals surface area contributed by atoms with E-state index < -0.39 is 0 Å². The lowest BCUT2D eigenvalue weighted by Crippen LogP contribution is -1.84. The van der Waals surface area contributed by atoms with Crippen molar-refractivity contribution in [1.29, 1.82) is 0 Å². The van der Waals surface area contributed by atoms with Crippen LogP contribution in [-0.2, 0) is 6.42 Å². The van der Waals surface area contributed by atoms with Crippen molar-refractivity contribution in [1.82, 2.24) is 0 Å². The number of rotatable bonds is 7. The molecule has 0 atom stereocenters. The van der Waals surface area contributed by atoms with Gasteiger partial charge in [-0.3, -0.25) is 0 Å². The lowest BCUT2D eigenvalue weighted by molar-refractivity contribution is 0.669. The molecule has 0 spiro atoms. The van der Waals surface area contributed by atoms with Crippen molar-refractivity contribution >= 4 is 43.5 Å². The molecule has 0 bridgehead atoms. The van der Waals surface area contributed by atoms with Crippen molar-refractivity contribution in [3.05, 3.63) is 182 Å². The Balaban J connectivity index is 1.15. The maximum absolute atomic E-state index is 6.30. The molecule has 0 unspecified atom stereocenters. The lowest BCUT2D eigenvalue weighted by Gasteiger charge is -2.08. The van der Waals surface area contributed by atoms with Crippen molar-refractivity contribution < 1.29 is 4.42 Å². The summed E-state index contributed by atoms with van der Waals surface area (Å²) in [5.41, 5.74) is 10.3. The molecule has 0 saturated heterocycles. The summed E-state index contributed by atoms with van der Waals surface area (Å²) in [6, 6.07) is 50.6. The number of furan rings is 1. The highest BCUT2D eigenvalue weighted by Gasteiger charge is 2.11. The van der Waals surface area contributed by atoms with Gasteiger partial charge >= 0.3 is 0 Å². The SMILES string of the molecule is C=C/C=C\C=C/Cc1ccc2ccc(-c3ccc4oc5ccc(-c6ccc7ccc(-c8ccccc8)cc7c6)cc5c4c3)cc2c1. The van der Waals surface area contributed by atoms with Gasteiger partial charge in [0.2, 0.25) is 0 Å². The van der Waals surface area contributed by atoms with Crippen LogP contribution in [0, 0.1) is 0 Å².